The molecule has 0 spiro atoms. The number of rotatable bonds is 2. The lowest BCUT2D eigenvalue weighted by atomic mass is 10.1. The van der Waals surface area contributed by atoms with Crippen molar-refractivity contribution >= 4 is 32.3 Å². The van der Waals surface area contributed by atoms with Gasteiger partial charge in [-0.05, 0) is 18.9 Å². The van der Waals surface area contributed by atoms with Crippen LogP contribution in [0.15, 0.2) is 21.3 Å². The number of H-pyrrole nitrogens is 1. The smallest absolute Gasteiger partial charge is 0.408 e. The summed E-state index contributed by atoms with van der Waals surface area (Å²) in [5.41, 5.74) is 7.84. The fourth-order valence-corrected chi connectivity index (χ4v) is 4.13. The molecule has 1 unspecified atom stereocenters. The Morgan fingerprint density at radius 1 is 1.40 bits per heavy atom. The number of sulfone groups is 1. The Bertz CT molecular complexity index is 806. The highest BCUT2D eigenvalue weighted by atomic mass is 32.2. The Morgan fingerprint density at radius 3 is 2.95 bits per heavy atom. The Kier molecular flexibility index (Phi) is 2.97. The van der Waals surface area contributed by atoms with Gasteiger partial charge in [0.25, 0.3) is 0 Å². The van der Waals surface area contributed by atoms with E-state index in [0.29, 0.717) is 28.9 Å². The average Bonchev–Trinajstić information content (AvgIpc) is 2.67. The van der Waals surface area contributed by atoms with Crippen molar-refractivity contribution in [2.45, 2.75) is 18.9 Å². The molecule has 4 N–H and O–H groups in total. The second kappa shape index (κ2) is 4.55. The lowest BCUT2D eigenvalue weighted by Gasteiger charge is -2.24. The average molecular weight is 297 g/mol. The van der Waals surface area contributed by atoms with Gasteiger partial charge in [0.15, 0.2) is 15.4 Å². The van der Waals surface area contributed by atoms with E-state index in [0.717, 1.165) is 6.42 Å². The molecular formula is C12H15N3O4S. The van der Waals surface area contributed by atoms with Crippen LogP contribution in [0, 0.1) is 0 Å². The van der Waals surface area contributed by atoms with E-state index in [1.54, 1.807) is 12.1 Å². The molecule has 0 amide bonds. The van der Waals surface area contributed by atoms with Gasteiger partial charge in [0.2, 0.25) is 0 Å². The third-order valence-electron chi connectivity index (χ3n) is 3.41. The standard InChI is InChI=1S/C12H15N3O4S/c13-8-4-11-10(15-12(16)19-11)5-9(8)14-7-2-1-3-20(17,18)6-7/h4-5,7,14H,1-3,6,13H2,(H,15,16). The van der Waals surface area contributed by atoms with Gasteiger partial charge in [0.05, 0.1) is 28.4 Å². The molecule has 0 radical (unpaired) electrons. The minimum atomic E-state index is -2.98. The maximum absolute atomic E-state index is 11.6. The predicted molar refractivity (Wildman–Crippen MR) is 76.5 cm³/mol. The minimum absolute atomic E-state index is 0.104. The molecule has 1 saturated heterocycles. The molecule has 2 heterocycles. The van der Waals surface area contributed by atoms with E-state index in [4.69, 9.17) is 10.2 Å². The van der Waals surface area contributed by atoms with Crippen molar-refractivity contribution < 1.29 is 12.8 Å². The monoisotopic (exact) mass is 297 g/mol. The first-order chi connectivity index (χ1) is 9.43. The van der Waals surface area contributed by atoms with Crippen LogP contribution >= 0.6 is 0 Å². The normalized spacial score (nSPS) is 21.9. The first-order valence-electron chi connectivity index (χ1n) is 6.32. The third-order valence-corrected chi connectivity index (χ3v) is 5.23. The van der Waals surface area contributed by atoms with Crippen LogP contribution in [0.5, 0.6) is 0 Å². The van der Waals surface area contributed by atoms with Crippen LogP contribution in [-0.4, -0.2) is 30.9 Å². The Hall–Kier alpha value is -1.96. The molecule has 0 saturated carbocycles. The highest BCUT2D eigenvalue weighted by molar-refractivity contribution is 7.91. The van der Waals surface area contributed by atoms with Gasteiger partial charge in [-0.15, -0.1) is 0 Å². The maximum Gasteiger partial charge on any atom is 0.417 e. The quantitative estimate of drug-likeness (QED) is 0.702. The first kappa shape index (κ1) is 13.0. The van der Waals surface area contributed by atoms with E-state index in [-0.39, 0.29) is 17.5 Å². The second-order valence-corrected chi connectivity index (χ2v) is 7.28. The van der Waals surface area contributed by atoms with Crippen LogP contribution in [0.2, 0.25) is 0 Å². The van der Waals surface area contributed by atoms with Crippen molar-refractivity contribution in [1.29, 1.82) is 0 Å². The molecule has 8 heteroatoms. The molecule has 1 fully saturated rings. The number of aromatic amines is 1. The Morgan fingerprint density at radius 2 is 2.20 bits per heavy atom. The summed E-state index contributed by atoms with van der Waals surface area (Å²) in [4.78, 5) is 13.7. The zero-order valence-corrected chi connectivity index (χ0v) is 11.5. The highest BCUT2D eigenvalue weighted by Crippen LogP contribution is 2.26. The number of fused-ring (bicyclic) bond motifs is 1. The number of hydrogen-bond acceptors (Lipinski definition) is 6. The van der Waals surface area contributed by atoms with Crippen LogP contribution < -0.4 is 16.8 Å². The summed E-state index contributed by atoms with van der Waals surface area (Å²) in [6.07, 6.45) is 1.42. The third kappa shape index (κ3) is 2.51. The molecule has 3 rings (SSSR count). The van der Waals surface area contributed by atoms with E-state index < -0.39 is 15.6 Å². The molecule has 108 valence electrons. The number of nitrogens with two attached hydrogens (primary N) is 1. The molecule has 20 heavy (non-hydrogen) atoms. The van der Waals surface area contributed by atoms with Gasteiger partial charge in [-0.25, -0.2) is 13.2 Å². The van der Waals surface area contributed by atoms with Crippen LogP contribution in [0.3, 0.4) is 0 Å². The maximum atomic E-state index is 11.6. The number of oxazole rings is 1. The summed E-state index contributed by atoms with van der Waals surface area (Å²) in [6.45, 7) is 0. The molecule has 0 aliphatic carbocycles. The van der Waals surface area contributed by atoms with E-state index in [9.17, 15) is 13.2 Å². The van der Waals surface area contributed by atoms with Gasteiger partial charge in [-0.3, -0.25) is 4.98 Å². The number of nitrogen functional groups attached to an aromatic ring is 1. The number of nitrogens with one attached hydrogen (secondary N) is 2. The number of hydrogen-bond donors (Lipinski definition) is 3. The number of anilines is 2. The molecule has 1 atom stereocenters. The van der Waals surface area contributed by atoms with Crippen LogP contribution in [0.1, 0.15) is 12.8 Å². The minimum Gasteiger partial charge on any atom is -0.408 e. The SMILES string of the molecule is Nc1cc2oc(=O)[nH]c2cc1NC1CCCS(=O)(=O)C1. The van der Waals surface area contributed by atoms with Crippen LogP contribution in [-0.2, 0) is 9.84 Å². The molecule has 7 nitrogen and oxygen atoms in total. The fourth-order valence-electron chi connectivity index (χ4n) is 2.49. The fraction of sp³-hybridized carbons (Fsp3) is 0.417. The number of aromatic nitrogens is 1. The van der Waals surface area contributed by atoms with Crippen molar-refractivity contribution in [2.24, 2.45) is 0 Å². The van der Waals surface area contributed by atoms with Crippen molar-refractivity contribution in [2.75, 3.05) is 22.6 Å². The molecule has 2 aromatic rings. The van der Waals surface area contributed by atoms with E-state index in [2.05, 4.69) is 10.3 Å². The van der Waals surface area contributed by atoms with Crippen molar-refractivity contribution in [3.05, 3.63) is 22.7 Å². The summed E-state index contributed by atoms with van der Waals surface area (Å²) < 4.78 is 28.1. The first-order valence-corrected chi connectivity index (χ1v) is 8.14. The molecule has 1 aromatic heterocycles. The summed E-state index contributed by atoms with van der Waals surface area (Å²) >= 11 is 0. The van der Waals surface area contributed by atoms with Gasteiger partial charge < -0.3 is 15.5 Å². The van der Waals surface area contributed by atoms with Crippen LogP contribution in [0.25, 0.3) is 11.1 Å². The van der Waals surface area contributed by atoms with Gasteiger partial charge in [0.1, 0.15) is 0 Å². The lowest BCUT2D eigenvalue weighted by Crippen LogP contribution is -2.35. The molecule has 1 aliphatic rings. The summed E-state index contributed by atoms with van der Waals surface area (Å²) in [6, 6.07) is 3.05. The van der Waals surface area contributed by atoms with E-state index >= 15 is 0 Å². The zero-order chi connectivity index (χ0) is 14.3. The van der Waals surface area contributed by atoms with E-state index in [1.165, 1.54) is 0 Å². The largest absolute Gasteiger partial charge is 0.417 e. The highest BCUT2D eigenvalue weighted by Gasteiger charge is 2.25. The molecule has 1 aromatic carbocycles. The second-order valence-electron chi connectivity index (χ2n) is 5.05. The van der Waals surface area contributed by atoms with Crippen molar-refractivity contribution in [3.8, 4) is 0 Å². The molecular weight excluding hydrogens is 282 g/mol. The molecule has 1 aliphatic heterocycles. The summed E-state index contributed by atoms with van der Waals surface area (Å²) in [5.74, 6) is -0.196. The van der Waals surface area contributed by atoms with Crippen molar-refractivity contribution in [1.82, 2.24) is 4.98 Å². The van der Waals surface area contributed by atoms with Gasteiger partial charge in [-0.1, -0.05) is 0 Å². The summed E-state index contributed by atoms with van der Waals surface area (Å²) in [7, 11) is -2.98. The molecule has 0 bridgehead atoms. The Balaban J connectivity index is 1.90. The lowest BCUT2D eigenvalue weighted by molar-refractivity contribution is 0.555. The van der Waals surface area contributed by atoms with E-state index in [1.807, 2.05) is 0 Å². The number of benzene rings is 1. The van der Waals surface area contributed by atoms with Gasteiger partial charge in [-0.2, -0.15) is 0 Å². The Labute approximate surface area is 115 Å². The topological polar surface area (TPSA) is 118 Å². The predicted octanol–water partition coefficient (Wildman–Crippen LogP) is 0.692. The van der Waals surface area contributed by atoms with Gasteiger partial charge >= 0.3 is 5.76 Å². The van der Waals surface area contributed by atoms with Crippen molar-refractivity contribution in [3.63, 3.8) is 0 Å². The van der Waals surface area contributed by atoms with Gasteiger partial charge in [0, 0.05) is 12.1 Å². The zero-order valence-electron chi connectivity index (χ0n) is 10.7. The summed E-state index contributed by atoms with van der Waals surface area (Å²) in [5, 5.41) is 3.14. The van der Waals surface area contributed by atoms with Crippen LogP contribution in [0.4, 0.5) is 11.4 Å².